The fourth-order valence-electron chi connectivity index (χ4n) is 1.38. The van der Waals surface area contributed by atoms with Crippen LogP contribution in [0.4, 0.5) is 11.6 Å². The standard InChI is InChI=1S/C12H21N5O/c1-10(18)8-14-12-7-11(15-9-16-12)13-5-4-6-17(2)3/h7,9H,4-6,8H2,1-3H3,(H2,13,14,15,16). The Morgan fingerprint density at radius 3 is 2.56 bits per heavy atom. The average molecular weight is 251 g/mol. The van der Waals surface area contributed by atoms with Gasteiger partial charge in [0, 0.05) is 12.6 Å². The number of nitrogens with zero attached hydrogens (tertiary/aromatic N) is 3. The Morgan fingerprint density at radius 2 is 1.94 bits per heavy atom. The maximum Gasteiger partial charge on any atom is 0.148 e. The molecule has 0 aliphatic rings. The number of Topliss-reactive ketones (excluding diaryl/α,β-unsaturated/α-hetero) is 1. The lowest BCUT2D eigenvalue weighted by atomic mass is 10.4. The van der Waals surface area contributed by atoms with Crippen LogP contribution in [0.15, 0.2) is 12.4 Å². The monoisotopic (exact) mass is 251 g/mol. The Morgan fingerprint density at radius 1 is 1.28 bits per heavy atom. The lowest BCUT2D eigenvalue weighted by Gasteiger charge is -2.10. The third kappa shape index (κ3) is 6.15. The third-order valence-corrected chi connectivity index (χ3v) is 2.27. The molecule has 0 radical (unpaired) electrons. The first-order valence-corrected chi connectivity index (χ1v) is 6.02. The Kier molecular flexibility index (Phi) is 6.07. The molecule has 1 aromatic rings. The predicted molar refractivity (Wildman–Crippen MR) is 72.9 cm³/mol. The molecule has 1 heterocycles. The van der Waals surface area contributed by atoms with Crippen molar-refractivity contribution in [2.75, 3.05) is 44.4 Å². The number of nitrogens with one attached hydrogen (secondary N) is 2. The largest absolute Gasteiger partial charge is 0.370 e. The van der Waals surface area contributed by atoms with Crippen LogP contribution < -0.4 is 10.6 Å². The molecule has 0 aliphatic carbocycles. The molecule has 0 saturated heterocycles. The second kappa shape index (κ2) is 7.60. The average Bonchev–Trinajstić information content (AvgIpc) is 2.32. The Balaban J connectivity index is 2.37. The zero-order valence-electron chi connectivity index (χ0n) is 11.2. The molecule has 0 amide bonds. The highest BCUT2D eigenvalue weighted by Gasteiger charge is 1.99. The molecule has 2 N–H and O–H groups in total. The molecule has 0 spiro atoms. The number of carbonyl (C=O) groups is 1. The van der Waals surface area contributed by atoms with Crippen molar-refractivity contribution in [1.29, 1.82) is 0 Å². The lowest BCUT2D eigenvalue weighted by molar-refractivity contribution is -0.115. The van der Waals surface area contributed by atoms with Crippen LogP contribution in [0, 0.1) is 0 Å². The third-order valence-electron chi connectivity index (χ3n) is 2.27. The Hall–Kier alpha value is -1.69. The van der Waals surface area contributed by atoms with Gasteiger partial charge in [-0.15, -0.1) is 0 Å². The van der Waals surface area contributed by atoms with Gasteiger partial charge in [-0.2, -0.15) is 0 Å². The van der Waals surface area contributed by atoms with Gasteiger partial charge in [0.15, 0.2) is 0 Å². The van der Waals surface area contributed by atoms with Crippen molar-refractivity contribution in [3.8, 4) is 0 Å². The smallest absolute Gasteiger partial charge is 0.148 e. The summed E-state index contributed by atoms with van der Waals surface area (Å²) in [6.07, 6.45) is 2.53. The number of hydrogen-bond acceptors (Lipinski definition) is 6. The minimum atomic E-state index is 0.0779. The molecule has 0 bridgehead atoms. The summed E-state index contributed by atoms with van der Waals surface area (Å²) in [4.78, 5) is 21.2. The molecule has 1 rings (SSSR count). The van der Waals surface area contributed by atoms with Crippen LogP contribution in [0.25, 0.3) is 0 Å². The second-order valence-electron chi connectivity index (χ2n) is 4.43. The van der Waals surface area contributed by atoms with Gasteiger partial charge in [-0.1, -0.05) is 0 Å². The quantitative estimate of drug-likeness (QED) is 0.667. The number of anilines is 2. The zero-order chi connectivity index (χ0) is 13.4. The molecular weight excluding hydrogens is 230 g/mol. The van der Waals surface area contributed by atoms with Crippen LogP contribution in [-0.4, -0.2) is 54.4 Å². The van der Waals surface area contributed by atoms with E-state index in [9.17, 15) is 4.79 Å². The Bertz CT molecular complexity index is 380. The minimum Gasteiger partial charge on any atom is -0.370 e. The molecule has 0 saturated carbocycles. The molecule has 0 aliphatic heterocycles. The van der Waals surface area contributed by atoms with Crippen molar-refractivity contribution in [1.82, 2.24) is 14.9 Å². The van der Waals surface area contributed by atoms with E-state index in [2.05, 4.69) is 39.6 Å². The van der Waals surface area contributed by atoms with Gasteiger partial charge in [0.1, 0.15) is 23.7 Å². The number of aromatic nitrogens is 2. The lowest BCUT2D eigenvalue weighted by Crippen LogP contribution is -2.17. The summed E-state index contributed by atoms with van der Waals surface area (Å²) in [6.45, 7) is 3.72. The Labute approximate surface area is 108 Å². The molecule has 6 heteroatoms. The maximum atomic E-state index is 10.9. The number of hydrogen-bond donors (Lipinski definition) is 2. The van der Waals surface area contributed by atoms with Gasteiger partial charge in [-0.05, 0) is 34.0 Å². The van der Waals surface area contributed by atoms with Crippen molar-refractivity contribution >= 4 is 17.4 Å². The van der Waals surface area contributed by atoms with Crippen LogP contribution in [0.1, 0.15) is 13.3 Å². The topological polar surface area (TPSA) is 70.2 Å². The normalized spacial score (nSPS) is 10.4. The van der Waals surface area contributed by atoms with Crippen LogP contribution in [0.5, 0.6) is 0 Å². The summed E-state index contributed by atoms with van der Waals surface area (Å²) in [6, 6.07) is 1.80. The van der Waals surface area contributed by atoms with E-state index in [-0.39, 0.29) is 12.3 Å². The van der Waals surface area contributed by atoms with E-state index in [1.165, 1.54) is 13.3 Å². The molecule has 0 atom stereocenters. The maximum absolute atomic E-state index is 10.9. The summed E-state index contributed by atoms with van der Waals surface area (Å²) in [5, 5.41) is 6.17. The predicted octanol–water partition coefficient (Wildman–Crippen LogP) is 0.841. The number of rotatable bonds is 8. The van der Waals surface area contributed by atoms with E-state index < -0.39 is 0 Å². The molecule has 100 valence electrons. The van der Waals surface area contributed by atoms with E-state index in [4.69, 9.17) is 0 Å². The first kappa shape index (κ1) is 14.4. The van der Waals surface area contributed by atoms with Gasteiger partial charge < -0.3 is 15.5 Å². The van der Waals surface area contributed by atoms with Crippen molar-refractivity contribution in [3.05, 3.63) is 12.4 Å². The van der Waals surface area contributed by atoms with Gasteiger partial charge in [0.05, 0.1) is 6.54 Å². The molecule has 6 nitrogen and oxygen atoms in total. The fourth-order valence-corrected chi connectivity index (χ4v) is 1.38. The summed E-state index contributed by atoms with van der Waals surface area (Å²) < 4.78 is 0. The van der Waals surface area contributed by atoms with Crippen LogP contribution in [0.3, 0.4) is 0 Å². The van der Waals surface area contributed by atoms with E-state index in [0.29, 0.717) is 5.82 Å². The zero-order valence-corrected chi connectivity index (χ0v) is 11.2. The first-order chi connectivity index (χ1) is 8.58. The highest BCUT2D eigenvalue weighted by Crippen LogP contribution is 2.08. The van der Waals surface area contributed by atoms with Crippen molar-refractivity contribution in [2.45, 2.75) is 13.3 Å². The molecule has 0 aromatic carbocycles. The summed E-state index contributed by atoms with van der Waals surface area (Å²) in [5.41, 5.74) is 0. The molecule has 0 unspecified atom stereocenters. The van der Waals surface area contributed by atoms with Crippen LogP contribution in [-0.2, 0) is 4.79 Å². The number of ketones is 1. The molecule has 18 heavy (non-hydrogen) atoms. The highest BCUT2D eigenvalue weighted by atomic mass is 16.1. The van der Waals surface area contributed by atoms with Gasteiger partial charge in [0.25, 0.3) is 0 Å². The summed E-state index contributed by atoms with van der Waals surface area (Å²) >= 11 is 0. The van der Waals surface area contributed by atoms with Gasteiger partial charge in [-0.25, -0.2) is 9.97 Å². The van der Waals surface area contributed by atoms with Crippen molar-refractivity contribution in [2.24, 2.45) is 0 Å². The highest BCUT2D eigenvalue weighted by molar-refractivity contribution is 5.80. The van der Waals surface area contributed by atoms with E-state index in [1.807, 2.05) is 0 Å². The van der Waals surface area contributed by atoms with Crippen molar-refractivity contribution in [3.63, 3.8) is 0 Å². The summed E-state index contributed by atoms with van der Waals surface area (Å²) in [7, 11) is 4.10. The van der Waals surface area contributed by atoms with E-state index in [0.717, 1.165) is 25.3 Å². The molecular formula is C12H21N5O. The van der Waals surface area contributed by atoms with E-state index in [1.54, 1.807) is 6.07 Å². The number of carbonyl (C=O) groups excluding carboxylic acids is 1. The first-order valence-electron chi connectivity index (χ1n) is 6.02. The van der Waals surface area contributed by atoms with Crippen LogP contribution >= 0.6 is 0 Å². The SMILES string of the molecule is CC(=O)CNc1cc(NCCCN(C)C)ncn1. The summed E-state index contributed by atoms with van der Waals surface area (Å²) in [5.74, 6) is 1.51. The van der Waals surface area contributed by atoms with E-state index >= 15 is 0 Å². The minimum absolute atomic E-state index is 0.0779. The molecule has 1 aromatic heterocycles. The van der Waals surface area contributed by atoms with Crippen LogP contribution in [0.2, 0.25) is 0 Å². The van der Waals surface area contributed by atoms with Gasteiger partial charge >= 0.3 is 0 Å². The second-order valence-corrected chi connectivity index (χ2v) is 4.43. The fraction of sp³-hybridized carbons (Fsp3) is 0.583. The molecule has 0 fully saturated rings. The van der Waals surface area contributed by atoms with Crippen molar-refractivity contribution < 1.29 is 4.79 Å². The van der Waals surface area contributed by atoms with Gasteiger partial charge in [0.2, 0.25) is 0 Å². The van der Waals surface area contributed by atoms with Gasteiger partial charge in [-0.3, -0.25) is 4.79 Å².